The van der Waals surface area contributed by atoms with Crippen LogP contribution in [0, 0.1) is 13.8 Å². The SMILES string of the molecule is CN=C(NCCc1ccc(C)cc1C)NCCC(F)(F)F. The Kier molecular flexibility index (Phi) is 6.52. The minimum Gasteiger partial charge on any atom is -0.356 e. The minimum atomic E-state index is -4.15. The fourth-order valence-electron chi connectivity index (χ4n) is 1.99. The molecule has 0 aliphatic heterocycles. The lowest BCUT2D eigenvalue weighted by atomic mass is 10.0. The molecule has 1 aromatic rings. The molecule has 0 radical (unpaired) electrons. The Labute approximate surface area is 123 Å². The van der Waals surface area contributed by atoms with Crippen LogP contribution in [0.1, 0.15) is 23.1 Å². The third-order valence-electron chi connectivity index (χ3n) is 3.11. The summed E-state index contributed by atoms with van der Waals surface area (Å²) in [7, 11) is 1.54. The molecular formula is C15H22F3N3. The van der Waals surface area contributed by atoms with E-state index in [-0.39, 0.29) is 6.54 Å². The molecule has 0 spiro atoms. The van der Waals surface area contributed by atoms with E-state index in [9.17, 15) is 13.2 Å². The maximum Gasteiger partial charge on any atom is 0.390 e. The topological polar surface area (TPSA) is 36.4 Å². The van der Waals surface area contributed by atoms with Gasteiger partial charge < -0.3 is 10.6 Å². The zero-order chi connectivity index (χ0) is 15.9. The molecule has 0 fully saturated rings. The van der Waals surface area contributed by atoms with Gasteiger partial charge in [-0.2, -0.15) is 13.2 Å². The van der Waals surface area contributed by atoms with Gasteiger partial charge in [0.25, 0.3) is 0 Å². The van der Waals surface area contributed by atoms with E-state index in [2.05, 4.69) is 40.7 Å². The summed E-state index contributed by atoms with van der Waals surface area (Å²) in [5.74, 6) is 0.393. The highest BCUT2D eigenvalue weighted by Crippen LogP contribution is 2.18. The number of guanidine groups is 1. The molecule has 0 unspecified atom stereocenters. The van der Waals surface area contributed by atoms with Gasteiger partial charge in [0.05, 0.1) is 6.42 Å². The summed E-state index contributed by atoms with van der Waals surface area (Å²) >= 11 is 0. The number of hydrogen-bond donors (Lipinski definition) is 2. The molecule has 0 saturated carbocycles. The average molecular weight is 301 g/mol. The number of benzene rings is 1. The number of aryl methyl sites for hydroxylation is 2. The summed E-state index contributed by atoms with van der Waals surface area (Å²) in [6, 6.07) is 6.25. The number of nitrogens with one attached hydrogen (secondary N) is 2. The van der Waals surface area contributed by atoms with Crippen LogP contribution in [0.5, 0.6) is 0 Å². The molecule has 0 aliphatic carbocycles. The molecule has 6 heteroatoms. The molecule has 0 bridgehead atoms. The molecule has 1 rings (SSSR count). The van der Waals surface area contributed by atoms with Crippen molar-refractivity contribution < 1.29 is 13.2 Å². The summed E-state index contributed by atoms with van der Waals surface area (Å²) < 4.78 is 36.2. The normalized spacial score (nSPS) is 12.4. The lowest BCUT2D eigenvalue weighted by Gasteiger charge is -2.13. The first-order valence-electron chi connectivity index (χ1n) is 6.89. The smallest absolute Gasteiger partial charge is 0.356 e. The second-order valence-electron chi connectivity index (χ2n) is 4.97. The number of hydrogen-bond acceptors (Lipinski definition) is 1. The lowest BCUT2D eigenvalue weighted by molar-refractivity contribution is -0.132. The first-order chi connectivity index (χ1) is 9.81. The standard InChI is InChI=1S/C15H22F3N3/c1-11-4-5-13(12(2)10-11)6-8-20-14(19-3)21-9-7-15(16,17)18/h4-5,10H,6-9H2,1-3H3,(H2,19,20,21). The van der Waals surface area contributed by atoms with Crippen LogP contribution >= 0.6 is 0 Å². The van der Waals surface area contributed by atoms with Crippen LogP contribution in [0.25, 0.3) is 0 Å². The van der Waals surface area contributed by atoms with Crippen LogP contribution in [0.3, 0.4) is 0 Å². The zero-order valence-corrected chi connectivity index (χ0v) is 12.6. The average Bonchev–Trinajstić information content (AvgIpc) is 2.38. The first-order valence-corrected chi connectivity index (χ1v) is 6.89. The number of rotatable bonds is 5. The molecule has 0 aromatic heterocycles. The van der Waals surface area contributed by atoms with Crippen LogP contribution in [0.2, 0.25) is 0 Å². The largest absolute Gasteiger partial charge is 0.390 e. The summed E-state index contributed by atoms with van der Waals surface area (Å²) in [6.07, 6.45) is -4.22. The molecule has 0 atom stereocenters. The molecular weight excluding hydrogens is 279 g/mol. The Morgan fingerprint density at radius 3 is 2.38 bits per heavy atom. The van der Waals surface area contributed by atoms with E-state index < -0.39 is 12.6 Å². The van der Waals surface area contributed by atoms with Crippen molar-refractivity contribution in [2.45, 2.75) is 32.9 Å². The molecule has 0 heterocycles. The molecule has 3 nitrogen and oxygen atoms in total. The van der Waals surface area contributed by atoms with E-state index in [1.807, 2.05) is 6.92 Å². The Morgan fingerprint density at radius 2 is 1.81 bits per heavy atom. The van der Waals surface area contributed by atoms with Crippen molar-refractivity contribution in [3.63, 3.8) is 0 Å². The van der Waals surface area contributed by atoms with Crippen molar-refractivity contribution in [1.29, 1.82) is 0 Å². The van der Waals surface area contributed by atoms with Crippen LogP contribution in [0.4, 0.5) is 13.2 Å². The molecule has 1 aromatic carbocycles. The van der Waals surface area contributed by atoms with Gasteiger partial charge in [-0.1, -0.05) is 23.8 Å². The van der Waals surface area contributed by atoms with Gasteiger partial charge >= 0.3 is 6.18 Å². The molecule has 0 aliphatic rings. The highest BCUT2D eigenvalue weighted by Gasteiger charge is 2.26. The molecule has 118 valence electrons. The van der Waals surface area contributed by atoms with Crippen LogP contribution < -0.4 is 10.6 Å². The summed E-state index contributed by atoms with van der Waals surface area (Å²) in [6.45, 7) is 4.54. The highest BCUT2D eigenvalue weighted by atomic mass is 19.4. The third kappa shape index (κ3) is 7.02. The number of aliphatic imine (C=N–C) groups is 1. The predicted octanol–water partition coefficient (Wildman–Crippen LogP) is 2.96. The summed E-state index contributed by atoms with van der Waals surface area (Å²) in [5, 5.41) is 5.67. The van der Waals surface area contributed by atoms with Crippen LogP contribution in [-0.4, -0.2) is 32.3 Å². The summed E-state index contributed by atoms with van der Waals surface area (Å²) in [5.41, 5.74) is 3.66. The van der Waals surface area contributed by atoms with Crippen molar-refractivity contribution >= 4 is 5.96 Å². The van der Waals surface area contributed by atoms with E-state index in [0.29, 0.717) is 12.5 Å². The minimum absolute atomic E-state index is 0.174. The van der Waals surface area contributed by atoms with E-state index in [4.69, 9.17) is 0 Å². The van der Waals surface area contributed by atoms with Gasteiger partial charge in [-0.15, -0.1) is 0 Å². The highest BCUT2D eigenvalue weighted by molar-refractivity contribution is 5.79. The molecule has 0 saturated heterocycles. The monoisotopic (exact) mass is 301 g/mol. The Hall–Kier alpha value is -1.72. The fraction of sp³-hybridized carbons (Fsp3) is 0.533. The van der Waals surface area contributed by atoms with Crippen molar-refractivity contribution in [3.05, 3.63) is 34.9 Å². The van der Waals surface area contributed by atoms with Gasteiger partial charge in [0.1, 0.15) is 0 Å². The van der Waals surface area contributed by atoms with E-state index >= 15 is 0 Å². The van der Waals surface area contributed by atoms with Crippen molar-refractivity contribution in [1.82, 2.24) is 10.6 Å². The maximum atomic E-state index is 12.1. The fourth-order valence-corrected chi connectivity index (χ4v) is 1.99. The van der Waals surface area contributed by atoms with Crippen molar-refractivity contribution in [2.24, 2.45) is 4.99 Å². The zero-order valence-electron chi connectivity index (χ0n) is 12.6. The predicted molar refractivity (Wildman–Crippen MR) is 79.7 cm³/mol. The van der Waals surface area contributed by atoms with Gasteiger partial charge in [0.2, 0.25) is 0 Å². The second kappa shape index (κ2) is 7.90. The van der Waals surface area contributed by atoms with Gasteiger partial charge in [-0.3, -0.25) is 4.99 Å². The van der Waals surface area contributed by atoms with Crippen molar-refractivity contribution in [3.8, 4) is 0 Å². The Balaban J connectivity index is 2.35. The van der Waals surface area contributed by atoms with Gasteiger partial charge in [-0.25, -0.2) is 0 Å². The molecule has 0 amide bonds. The lowest BCUT2D eigenvalue weighted by Crippen LogP contribution is -2.39. The van der Waals surface area contributed by atoms with Crippen molar-refractivity contribution in [2.75, 3.05) is 20.1 Å². The maximum absolute atomic E-state index is 12.1. The van der Waals surface area contributed by atoms with Gasteiger partial charge in [-0.05, 0) is 31.4 Å². The van der Waals surface area contributed by atoms with Gasteiger partial charge in [0, 0.05) is 20.1 Å². The van der Waals surface area contributed by atoms with E-state index in [0.717, 1.165) is 6.42 Å². The van der Waals surface area contributed by atoms with E-state index in [1.165, 1.54) is 16.7 Å². The van der Waals surface area contributed by atoms with Gasteiger partial charge in [0.15, 0.2) is 5.96 Å². The van der Waals surface area contributed by atoms with Crippen LogP contribution in [0.15, 0.2) is 23.2 Å². The molecule has 2 N–H and O–H groups in total. The third-order valence-corrected chi connectivity index (χ3v) is 3.11. The Morgan fingerprint density at radius 1 is 1.14 bits per heavy atom. The second-order valence-corrected chi connectivity index (χ2v) is 4.97. The number of alkyl halides is 3. The number of nitrogens with zero attached hydrogens (tertiary/aromatic N) is 1. The first kappa shape index (κ1) is 17.3. The summed E-state index contributed by atoms with van der Waals surface area (Å²) in [4.78, 5) is 3.90. The number of halogens is 3. The Bertz CT molecular complexity index is 482. The quantitative estimate of drug-likeness (QED) is 0.648. The van der Waals surface area contributed by atoms with E-state index in [1.54, 1.807) is 7.05 Å². The molecule has 21 heavy (non-hydrogen) atoms. The van der Waals surface area contributed by atoms with Crippen LogP contribution in [-0.2, 0) is 6.42 Å².